The van der Waals surface area contributed by atoms with Crippen LogP contribution in [0.4, 0.5) is 10.8 Å². The van der Waals surface area contributed by atoms with Crippen LogP contribution in [-0.4, -0.2) is 17.2 Å². The summed E-state index contributed by atoms with van der Waals surface area (Å²) in [5, 5.41) is 14.3. The van der Waals surface area contributed by atoms with Gasteiger partial charge in [0.1, 0.15) is 11.5 Å². The van der Waals surface area contributed by atoms with Crippen molar-refractivity contribution in [3.8, 4) is 11.5 Å². The number of hydrogen-bond acceptors (Lipinski definition) is 5. The Morgan fingerprint density at radius 1 is 1.05 bits per heavy atom. The van der Waals surface area contributed by atoms with Crippen LogP contribution < -0.4 is 10.1 Å². The number of nitrogens with zero attached hydrogens (tertiary/aromatic N) is 1. The molecule has 4 nitrogen and oxygen atoms in total. The predicted molar refractivity (Wildman–Crippen MR) is 91.8 cm³/mol. The molecule has 0 aliphatic carbocycles. The maximum atomic E-state index is 10.2. The van der Waals surface area contributed by atoms with Crippen LogP contribution in [0.5, 0.6) is 11.5 Å². The topological polar surface area (TPSA) is 54.4 Å². The second kappa shape index (κ2) is 5.50. The Bertz CT molecular complexity index is 793. The minimum atomic E-state index is 0.365. The van der Waals surface area contributed by atoms with E-state index in [1.54, 1.807) is 18.4 Å². The molecule has 1 aromatic heterocycles. The lowest BCUT2D eigenvalue weighted by molar-refractivity contribution is 0.415. The molecule has 0 amide bonds. The number of aromatic nitrogens is 1. The van der Waals surface area contributed by atoms with Crippen LogP contribution in [-0.2, 0) is 0 Å². The standard InChI is InChI=1S/C17H18N2O2S/c1-9-10(2)15(20)11(3)16-14(9)19-17(22-16)18-12-5-7-13(21-4)8-6-12/h5-8,20H,1-4H3,(H,18,19). The van der Waals surface area contributed by atoms with Crippen molar-refractivity contribution in [2.45, 2.75) is 20.8 Å². The Kier molecular flexibility index (Phi) is 3.66. The van der Waals surface area contributed by atoms with Crippen LogP contribution in [0, 0.1) is 20.8 Å². The normalized spacial score (nSPS) is 10.9. The quantitative estimate of drug-likeness (QED) is 0.737. The molecule has 0 aliphatic heterocycles. The van der Waals surface area contributed by atoms with Crippen molar-refractivity contribution in [1.82, 2.24) is 4.98 Å². The highest BCUT2D eigenvalue weighted by atomic mass is 32.1. The van der Waals surface area contributed by atoms with Gasteiger partial charge in [-0.1, -0.05) is 11.3 Å². The Balaban J connectivity index is 2.01. The fourth-order valence-electron chi connectivity index (χ4n) is 2.42. The van der Waals surface area contributed by atoms with E-state index in [-0.39, 0.29) is 0 Å². The summed E-state index contributed by atoms with van der Waals surface area (Å²) in [5.41, 5.74) is 4.71. The third-order valence-corrected chi connectivity index (χ3v) is 5.03. The van der Waals surface area contributed by atoms with Crippen LogP contribution in [0.15, 0.2) is 24.3 Å². The maximum absolute atomic E-state index is 10.2. The van der Waals surface area contributed by atoms with Gasteiger partial charge in [-0.2, -0.15) is 0 Å². The molecule has 0 spiro atoms. The maximum Gasteiger partial charge on any atom is 0.188 e. The number of ether oxygens (including phenoxy) is 1. The molecular weight excluding hydrogens is 296 g/mol. The van der Waals surface area contributed by atoms with Gasteiger partial charge in [0, 0.05) is 11.3 Å². The van der Waals surface area contributed by atoms with E-state index < -0.39 is 0 Å². The third kappa shape index (κ3) is 2.37. The molecule has 0 saturated carbocycles. The Morgan fingerprint density at radius 2 is 1.73 bits per heavy atom. The summed E-state index contributed by atoms with van der Waals surface area (Å²) in [6, 6.07) is 7.71. The second-order valence-electron chi connectivity index (χ2n) is 5.27. The number of aromatic hydroxyl groups is 1. The predicted octanol–water partition coefficient (Wildman–Crippen LogP) is 4.68. The van der Waals surface area contributed by atoms with Gasteiger partial charge in [-0.05, 0) is 56.2 Å². The summed E-state index contributed by atoms with van der Waals surface area (Å²) in [5.74, 6) is 1.19. The molecule has 3 rings (SSSR count). The van der Waals surface area contributed by atoms with Gasteiger partial charge < -0.3 is 15.2 Å². The van der Waals surface area contributed by atoms with Gasteiger partial charge in [0.25, 0.3) is 0 Å². The first kappa shape index (κ1) is 14.7. The number of anilines is 2. The van der Waals surface area contributed by atoms with Crippen LogP contribution >= 0.6 is 11.3 Å². The third-order valence-electron chi connectivity index (χ3n) is 3.94. The van der Waals surface area contributed by atoms with E-state index in [1.807, 2.05) is 45.0 Å². The average molecular weight is 314 g/mol. The molecule has 0 unspecified atom stereocenters. The van der Waals surface area contributed by atoms with Gasteiger partial charge in [0.05, 0.1) is 17.3 Å². The number of thiazole rings is 1. The fraction of sp³-hybridized carbons (Fsp3) is 0.235. The molecule has 0 saturated heterocycles. The van der Waals surface area contributed by atoms with Crippen molar-refractivity contribution < 1.29 is 9.84 Å². The van der Waals surface area contributed by atoms with E-state index in [4.69, 9.17) is 4.74 Å². The van der Waals surface area contributed by atoms with Crippen molar-refractivity contribution in [1.29, 1.82) is 0 Å². The Hall–Kier alpha value is -2.27. The molecule has 0 aliphatic rings. The molecule has 0 bridgehead atoms. The van der Waals surface area contributed by atoms with Crippen molar-refractivity contribution in [2.75, 3.05) is 12.4 Å². The fourth-order valence-corrected chi connectivity index (χ4v) is 3.47. The van der Waals surface area contributed by atoms with Crippen molar-refractivity contribution in [3.63, 3.8) is 0 Å². The number of rotatable bonds is 3. The minimum Gasteiger partial charge on any atom is -0.507 e. The molecule has 1 heterocycles. The van der Waals surface area contributed by atoms with Crippen LogP contribution in [0.25, 0.3) is 10.2 Å². The molecule has 114 valence electrons. The number of phenols is 1. The lowest BCUT2D eigenvalue weighted by Crippen LogP contribution is -1.90. The first-order chi connectivity index (χ1) is 10.5. The lowest BCUT2D eigenvalue weighted by atomic mass is 10.0. The molecule has 0 atom stereocenters. The number of hydrogen-bond donors (Lipinski definition) is 2. The zero-order valence-electron chi connectivity index (χ0n) is 13.0. The van der Waals surface area contributed by atoms with E-state index in [0.29, 0.717) is 5.75 Å². The molecule has 2 N–H and O–H groups in total. The van der Waals surface area contributed by atoms with Gasteiger partial charge in [-0.3, -0.25) is 0 Å². The number of nitrogens with one attached hydrogen (secondary N) is 1. The van der Waals surface area contributed by atoms with Crippen molar-refractivity contribution in [3.05, 3.63) is 41.0 Å². The number of phenolic OH excluding ortho intramolecular Hbond substituents is 1. The van der Waals surface area contributed by atoms with Crippen molar-refractivity contribution in [2.24, 2.45) is 0 Å². The number of benzene rings is 2. The van der Waals surface area contributed by atoms with Crippen LogP contribution in [0.1, 0.15) is 16.7 Å². The number of aryl methyl sites for hydroxylation is 2. The molecule has 2 aromatic carbocycles. The van der Waals surface area contributed by atoms with E-state index in [0.717, 1.165) is 43.5 Å². The Labute approximate surface area is 133 Å². The molecule has 22 heavy (non-hydrogen) atoms. The highest BCUT2D eigenvalue weighted by molar-refractivity contribution is 7.22. The molecule has 3 aromatic rings. The van der Waals surface area contributed by atoms with Gasteiger partial charge in [-0.25, -0.2) is 4.98 Å². The molecule has 5 heteroatoms. The lowest BCUT2D eigenvalue weighted by Gasteiger charge is -2.07. The van der Waals surface area contributed by atoms with Crippen LogP contribution in [0.2, 0.25) is 0 Å². The molecular formula is C17H18N2O2S. The van der Waals surface area contributed by atoms with Crippen LogP contribution in [0.3, 0.4) is 0 Å². The van der Waals surface area contributed by atoms with E-state index in [9.17, 15) is 5.11 Å². The highest BCUT2D eigenvalue weighted by Crippen LogP contribution is 2.39. The number of fused-ring (bicyclic) bond motifs is 1. The van der Waals surface area contributed by atoms with Crippen molar-refractivity contribution >= 4 is 32.4 Å². The summed E-state index contributed by atoms with van der Waals surface area (Å²) in [6.07, 6.45) is 0. The summed E-state index contributed by atoms with van der Waals surface area (Å²) in [7, 11) is 1.65. The van der Waals surface area contributed by atoms with Gasteiger partial charge in [0.2, 0.25) is 0 Å². The van der Waals surface area contributed by atoms with Gasteiger partial charge in [-0.15, -0.1) is 0 Å². The smallest absolute Gasteiger partial charge is 0.188 e. The van der Waals surface area contributed by atoms with E-state index in [1.165, 1.54) is 0 Å². The monoisotopic (exact) mass is 314 g/mol. The Morgan fingerprint density at radius 3 is 2.36 bits per heavy atom. The average Bonchev–Trinajstić information content (AvgIpc) is 2.95. The summed E-state index contributed by atoms with van der Waals surface area (Å²) >= 11 is 1.55. The molecule has 0 fully saturated rings. The summed E-state index contributed by atoms with van der Waals surface area (Å²) in [4.78, 5) is 4.68. The summed E-state index contributed by atoms with van der Waals surface area (Å²) < 4.78 is 6.18. The zero-order valence-corrected chi connectivity index (χ0v) is 13.8. The highest BCUT2D eigenvalue weighted by Gasteiger charge is 2.15. The first-order valence-corrected chi connectivity index (χ1v) is 7.83. The minimum absolute atomic E-state index is 0.365. The SMILES string of the molecule is COc1ccc(Nc2nc3c(C)c(C)c(O)c(C)c3s2)cc1. The molecule has 0 radical (unpaired) electrons. The summed E-state index contributed by atoms with van der Waals surface area (Å²) in [6.45, 7) is 5.85. The van der Waals surface area contributed by atoms with Gasteiger partial charge in [0.15, 0.2) is 5.13 Å². The van der Waals surface area contributed by atoms with Gasteiger partial charge >= 0.3 is 0 Å². The second-order valence-corrected chi connectivity index (χ2v) is 6.27. The zero-order chi connectivity index (χ0) is 15.9. The largest absolute Gasteiger partial charge is 0.507 e. The van der Waals surface area contributed by atoms with E-state index >= 15 is 0 Å². The number of methoxy groups -OCH3 is 1. The first-order valence-electron chi connectivity index (χ1n) is 7.01. The van der Waals surface area contributed by atoms with E-state index in [2.05, 4.69) is 10.3 Å².